The van der Waals surface area contributed by atoms with E-state index in [1.807, 2.05) is 0 Å². The monoisotopic (exact) mass is 293 g/mol. The van der Waals surface area contributed by atoms with Crippen molar-refractivity contribution in [1.29, 1.82) is 0 Å². The Labute approximate surface area is 121 Å². The second-order valence-electron chi connectivity index (χ2n) is 5.96. The Kier molecular flexibility index (Phi) is 3.01. The molecule has 1 amide bonds. The van der Waals surface area contributed by atoms with E-state index in [1.165, 1.54) is 43.9 Å². The molecule has 1 heterocycles. The second-order valence-corrected chi connectivity index (χ2v) is 6.98. The molecule has 108 valence electrons. The van der Waals surface area contributed by atoms with Crippen molar-refractivity contribution >= 4 is 33.7 Å². The smallest absolute Gasteiger partial charge is 0.253 e. The molecule has 2 aliphatic carbocycles. The van der Waals surface area contributed by atoms with Crippen LogP contribution in [0.2, 0.25) is 0 Å². The Morgan fingerprint density at radius 2 is 2.05 bits per heavy atom. The zero-order valence-corrected chi connectivity index (χ0v) is 12.3. The molecular formula is C14H19N3O2S. The lowest BCUT2D eigenvalue weighted by atomic mass is 10.0. The maximum Gasteiger partial charge on any atom is 0.253 e. The number of anilines is 2. The van der Waals surface area contributed by atoms with E-state index in [-0.39, 0.29) is 17.0 Å². The lowest BCUT2D eigenvalue weighted by Gasteiger charge is -2.15. The van der Waals surface area contributed by atoms with Crippen LogP contribution in [-0.4, -0.2) is 18.2 Å². The summed E-state index contributed by atoms with van der Waals surface area (Å²) < 4.78 is 0. The number of nitrogens with two attached hydrogens (primary N) is 2. The summed E-state index contributed by atoms with van der Waals surface area (Å²) in [6, 6.07) is 0. The number of carbonyl (C=O) groups is 2. The number of nitrogens with one attached hydrogen (secondary N) is 1. The molecule has 0 unspecified atom stereocenters. The number of Topliss-reactive ketones (excluding diaryl/α,β-unsaturated/α-hetero) is 1. The van der Waals surface area contributed by atoms with Crippen molar-refractivity contribution in [2.75, 3.05) is 17.6 Å². The van der Waals surface area contributed by atoms with Gasteiger partial charge in [-0.25, -0.2) is 0 Å². The van der Waals surface area contributed by atoms with E-state index in [1.54, 1.807) is 0 Å². The summed E-state index contributed by atoms with van der Waals surface area (Å²) in [6.45, 7) is 2.29. The molecule has 0 atom stereocenters. The third kappa shape index (κ3) is 2.18. The maximum atomic E-state index is 11.6. The van der Waals surface area contributed by atoms with Crippen molar-refractivity contribution < 1.29 is 9.59 Å². The molecule has 0 saturated heterocycles. The number of rotatable bonds is 6. The van der Waals surface area contributed by atoms with Gasteiger partial charge in [0.1, 0.15) is 5.00 Å². The van der Waals surface area contributed by atoms with Gasteiger partial charge in [-0.1, -0.05) is 0 Å². The molecule has 0 aromatic carbocycles. The molecule has 5 N–H and O–H groups in total. The number of nitrogen functional groups attached to an aromatic ring is 1. The summed E-state index contributed by atoms with van der Waals surface area (Å²) in [6.07, 6.45) is 5.12. The third-order valence-electron chi connectivity index (χ3n) is 4.45. The van der Waals surface area contributed by atoms with Gasteiger partial charge in [-0.3, -0.25) is 9.59 Å². The predicted molar refractivity (Wildman–Crippen MR) is 80.1 cm³/mol. The maximum absolute atomic E-state index is 11.6. The van der Waals surface area contributed by atoms with Crippen molar-refractivity contribution in [3.8, 4) is 0 Å². The highest BCUT2D eigenvalue weighted by Crippen LogP contribution is 2.61. The van der Waals surface area contributed by atoms with Crippen molar-refractivity contribution in [1.82, 2.24) is 0 Å². The summed E-state index contributed by atoms with van der Waals surface area (Å²) in [5, 5.41) is 3.97. The van der Waals surface area contributed by atoms with Crippen LogP contribution in [0.1, 0.15) is 52.6 Å². The lowest BCUT2D eigenvalue weighted by molar-refractivity contribution is 0.100. The van der Waals surface area contributed by atoms with E-state index in [9.17, 15) is 9.59 Å². The van der Waals surface area contributed by atoms with E-state index in [2.05, 4.69) is 5.32 Å². The van der Waals surface area contributed by atoms with Gasteiger partial charge in [0.15, 0.2) is 5.78 Å². The molecule has 0 aliphatic heterocycles. The first kappa shape index (κ1) is 13.4. The Hall–Kier alpha value is -1.56. The van der Waals surface area contributed by atoms with Gasteiger partial charge >= 0.3 is 0 Å². The van der Waals surface area contributed by atoms with E-state index in [0.717, 1.165) is 12.5 Å². The van der Waals surface area contributed by atoms with Gasteiger partial charge < -0.3 is 16.8 Å². The highest BCUT2D eigenvalue weighted by Gasteiger charge is 2.53. The normalized spacial score (nSPS) is 19.6. The number of hydrogen-bond acceptors (Lipinski definition) is 5. The van der Waals surface area contributed by atoms with Crippen LogP contribution in [-0.2, 0) is 0 Å². The molecule has 5 nitrogen and oxygen atoms in total. The van der Waals surface area contributed by atoms with E-state index in [4.69, 9.17) is 11.5 Å². The molecule has 2 saturated carbocycles. The van der Waals surface area contributed by atoms with Crippen LogP contribution < -0.4 is 16.8 Å². The van der Waals surface area contributed by atoms with Gasteiger partial charge in [-0.15, -0.1) is 11.3 Å². The molecule has 3 rings (SSSR count). The quantitative estimate of drug-likeness (QED) is 0.700. The van der Waals surface area contributed by atoms with E-state index in [0.29, 0.717) is 15.3 Å². The fourth-order valence-corrected chi connectivity index (χ4v) is 3.93. The standard InChI is InChI=1S/C14H19N3O2S/c1-7(18)11-10(15)9(12(16)19)13(20-11)17-6-14(4-5-14)8-2-3-8/h8,17H,2-6,15H2,1H3,(H2,16,19). The fourth-order valence-electron chi connectivity index (χ4n) is 2.92. The largest absolute Gasteiger partial charge is 0.397 e. The summed E-state index contributed by atoms with van der Waals surface area (Å²) >= 11 is 1.24. The first-order chi connectivity index (χ1) is 9.44. The topological polar surface area (TPSA) is 98.2 Å². The molecule has 20 heavy (non-hydrogen) atoms. The molecule has 6 heteroatoms. The molecule has 1 aromatic rings. The van der Waals surface area contributed by atoms with Crippen LogP contribution in [0.5, 0.6) is 0 Å². The number of hydrogen-bond donors (Lipinski definition) is 3. The van der Waals surface area contributed by atoms with Crippen LogP contribution >= 0.6 is 11.3 Å². The molecule has 0 radical (unpaired) electrons. The third-order valence-corrected chi connectivity index (χ3v) is 5.71. The molecule has 1 aromatic heterocycles. The Morgan fingerprint density at radius 3 is 2.50 bits per heavy atom. The predicted octanol–water partition coefficient (Wildman–Crippen LogP) is 2.23. The van der Waals surface area contributed by atoms with Crippen molar-refractivity contribution in [2.45, 2.75) is 32.6 Å². The van der Waals surface area contributed by atoms with Gasteiger partial charge in [0, 0.05) is 13.5 Å². The first-order valence-corrected chi connectivity index (χ1v) is 7.73. The van der Waals surface area contributed by atoms with Gasteiger partial charge in [0.05, 0.1) is 16.1 Å². The summed E-state index contributed by atoms with van der Waals surface area (Å²) in [5.41, 5.74) is 12.2. The van der Waals surface area contributed by atoms with E-state index >= 15 is 0 Å². The summed E-state index contributed by atoms with van der Waals surface area (Å²) in [4.78, 5) is 23.5. The minimum atomic E-state index is -0.579. The summed E-state index contributed by atoms with van der Waals surface area (Å²) in [7, 11) is 0. The molecule has 2 fully saturated rings. The van der Waals surface area contributed by atoms with Crippen LogP contribution in [0, 0.1) is 11.3 Å². The van der Waals surface area contributed by atoms with Crippen LogP contribution in [0.3, 0.4) is 0 Å². The first-order valence-electron chi connectivity index (χ1n) is 6.91. The number of ketones is 1. The Bertz CT molecular complexity index is 585. The fraction of sp³-hybridized carbons (Fsp3) is 0.571. The number of thiophene rings is 1. The minimum absolute atomic E-state index is 0.133. The average molecular weight is 293 g/mol. The van der Waals surface area contributed by atoms with Gasteiger partial charge in [0.2, 0.25) is 0 Å². The van der Waals surface area contributed by atoms with Crippen LogP contribution in [0.4, 0.5) is 10.7 Å². The molecule has 0 spiro atoms. The highest BCUT2D eigenvalue weighted by atomic mass is 32.1. The zero-order valence-electron chi connectivity index (χ0n) is 11.5. The van der Waals surface area contributed by atoms with Crippen molar-refractivity contribution in [2.24, 2.45) is 17.1 Å². The Balaban J connectivity index is 1.83. The number of carbonyl (C=O) groups excluding carboxylic acids is 2. The van der Waals surface area contributed by atoms with Gasteiger partial charge in [-0.2, -0.15) is 0 Å². The minimum Gasteiger partial charge on any atom is -0.397 e. The molecular weight excluding hydrogens is 274 g/mol. The average Bonchev–Trinajstić information content (AvgIpc) is 3.22. The van der Waals surface area contributed by atoms with Crippen LogP contribution in [0.15, 0.2) is 0 Å². The molecule has 0 bridgehead atoms. The SMILES string of the molecule is CC(=O)c1sc(NCC2(C3CC3)CC2)c(C(N)=O)c1N. The van der Waals surface area contributed by atoms with E-state index < -0.39 is 5.91 Å². The number of amides is 1. The summed E-state index contributed by atoms with van der Waals surface area (Å²) in [5.74, 6) is 0.119. The highest BCUT2D eigenvalue weighted by molar-refractivity contribution is 7.19. The van der Waals surface area contributed by atoms with Crippen LogP contribution in [0.25, 0.3) is 0 Å². The Morgan fingerprint density at radius 1 is 1.40 bits per heavy atom. The van der Waals surface area contributed by atoms with Gasteiger partial charge in [-0.05, 0) is 37.0 Å². The second kappa shape index (κ2) is 4.48. The zero-order chi connectivity index (χ0) is 14.5. The number of primary amides is 1. The van der Waals surface area contributed by atoms with Crippen molar-refractivity contribution in [3.05, 3.63) is 10.4 Å². The lowest BCUT2D eigenvalue weighted by Crippen LogP contribution is -2.20. The van der Waals surface area contributed by atoms with Gasteiger partial charge in [0.25, 0.3) is 5.91 Å². The van der Waals surface area contributed by atoms with Crippen molar-refractivity contribution in [3.63, 3.8) is 0 Å². The molecule has 2 aliphatic rings.